The highest BCUT2D eigenvalue weighted by atomic mass is 19.3. The van der Waals surface area contributed by atoms with Gasteiger partial charge in [0.05, 0.1) is 12.6 Å². The number of hydrogen-bond donors (Lipinski definition) is 1. The first-order valence-electron chi connectivity index (χ1n) is 6.78. The predicted molar refractivity (Wildman–Crippen MR) is 71.9 cm³/mol. The van der Waals surface area contributed by atoms with Gasteiger partial charge in [-0.25, -0.2) is 0 Å². The van der Waals surface area contributed by atoms with Crippen molar-refractivity contribution >= 4 is 0 Å². The Bertz CT molecular complexity index is 410. The van der Waals surface area contributed by atoms with Crippen molar-refractivity contribution in [3.63, 3.8) is 0 Å². The van der Waals surface area contributed by atoms with Crippen molar-refractivity contribution in [1.29, 1.82) is 0 Å². The minimum Gasteiger partial charge on any atom is -0.434 e. The fraction of sp³-hybridized carbons (Fsp3) is 0.571. The largest absolute Gasteiger partial charge is 0.434 e. The van der Waals surface area contributed by atoms with Crippen molar-refractivity contribution in [2.75, 3.05) is 32.8 Å². The molecule has 0 bridgehead atoms. The van der Waals surface area contributed by atoms with Gasteiger partial charge in [0.2, 0.25) is 0 Å². The van der Waals surface area contributed by atoms with Crippen LogP contribution in [0.15, 0.2) is 24.3 Å². The van der Waals surface area contributed by atoms with Crippen molar-refractivity contribution in [3.8, 4) is 5.75 Å². The minimum atomic E-state index is -2.83. The Morgan fingerprint density at radius 3 is 2.80 bits per heavy atom. The summed E-state index contributed by atoms with van der Waals surface area (Å²) in [5.41, 5.74) is 6.57. The van der Waals surface area contributed by atoms with Crippen LogP contribution in [0.3, 0.4) is 0 Å². The Morgan fingerprint density at radius 1 is 1.25 bits per heavy atom. The molecule has 112 valence electrons. The molecule has 0 spiro atoms. The van der Waals surface area contributed by atoms with Crippen molar-refractivity contribution in [2.24, 2.45) is 5.73 Å². The van der Waals surface area contributed by atoms with E-state index >= 15 is 0 Å². The van der Waals surface area contributed by atoms with Crippen molar-refractivity contribution in [3.05, 3.63) is 29.8 Å². The molecule has 1 fully saturated rings. The highest BCUT2D eigenvalue weighted by molar-refractivity contribution is 5.36. The van der Waals surface area contributed by atoms with Crippen molar-refractivity contribution in [2.45, 2.75) is 19.1 Å². The molecule has 1 unspecified atom stereocenters. The highest BCUT2D eigenvalue weighted by Gasteiger charge is 2.24. The second kappa shape index (κ2) is 7.52. The summed E-state index contributed by atoms with van der Waals surface area (Å²) in [7, 11) is 0. The summed E-state index contributed by atoms with van der Waals surface area (Å²) in [6, 6.07) is 6.71. The van der Waals surface area contributed by atoms with E-state index in [-0.39, 0.29) is 11.8 Å². The molecular weight excluding hydrogens is 266 g/mol. The van der Waals surface area contributed by atoms with Crippen molar-refractivity contribution in [1.82, 2.24) is 4.90 Å². The highest BCUT2D eigenvalue weighted by Crippen LogP contribution is 2.30. The lowest BCUT2D eigenvalue weighted by atomic mass is 10.0. The maximum Gasteiger partial charge on any atom is 0.387 e. The summed E-state index contributed by atoms with van der Waals surface area (Å²) in [5, 5.41) is 0. The molecule has 20 heavy (non-hydrogen) atoms. The smallest absolute Gasteiger partial charge is 0.387 e. The van der Waals surface area contributed by atoms with Gasteiger partial charge in [0.25, 0.3) is 0 Å². The van der Waals surface area contributed by atoms with E-state index in [1.165, 1.54) is 0 Å². The Hall–Kier alpha value is -1.24. The topological polar surface area (TPSA) is 47.7 Å². The van der Waals surface area contributed by atoms with E-state index in [0.717, 1.165) is 26.1 Å². The molecule has 0 saturated carbocycles. The number of para-hydroxylation sites is 1. The predicted octanol–water partition coefficient (Wildman–Crippen LogP) is 2.01. The first kappa shape index (κ1) is 15.2. The van der Waals surface area contributed by atoms with E-state index in [1.807, 2.05) is 6.07 Å². The summed E-state index contributed by atoms with van der Waals surface area (Å²) in [4.78, 5) is 2.17. The molecule has 6 heteroatoms. The van der Waals surface area contributed by atoms with E-state index < -0.39 is 6.61 Å². The minimum absolute atomic E-state index is 0.133. The zero-order valence-corrected chi connectivity index (χ0v) is 11.3. The number of benzene rings is 1. The molecule has 1 heterocycles. The van der Waals surface area contributed by atoms with Crippen LogP contribution in [0.4, 0.5) is 8.78 Å². The number of halogens is 2. The third-order valence-electron chi connectivity index (χ3n) is 3.41. The Kier molecular flexibility index (Phi) is 5.70. The van der Waals surface area contributed by atoms with Crippen LogP contribution in [0.1, 0.15) is 18.0 Å². The molecule has 1 aliphatic heterocycles. The van der Waals surface area contributed by atoms with Gasteiger partial charge in [-0.05, 0) is 12.5 Å². The average Bonchev–Trinajstić information content (AvgIpc) is 2.70. The van der Waals surface area contributed by atoms with Crippen LogP contribution in [-0.2, 0) is 4.74 Å². The van der Waals surface area contributed by atoms with Gasteiger partial charge >= 0.3 is 6.61 Å². The van der Waals surface area contributed by atoms with E-state index in [4.69, 9.17) is 10.5 Å². The molecule has 0 amide bonds. The maximum atomic E-state index is 12.5. The molecule has 1 atom stereocenters. The van der Waals surface area contributed by atoms with Gasteiger partial charge in [-0.2, -0.15) is 8.78 Å². The molecule has 1 aromatic carbocycles. The molecule has 1 aromatic rings. The molecule has 0 aliphatic carbocycles. The lowest BCUT2D eigenvalue weighted by molar-refractivity contribution is -0.0511. The third kappa shape index (κ3) is 3.88. The van der Waals surface area contributed by atoms with Gasteiger partial charge in [0, 0.05) is 31.8 Å². The van der Waals surface area contributed by atoms with Crippen LogP contribution in [0, 0.1) is 0 Å². The second-order valence-corrected chi connectivity index (χ2v) is 4.67. The first-order chi connectivity index (χ1) is 9.72. The number of nitrogens with two attached hydrogens (primary N) is 1. The Labute approximate surface area is 117 Å². The van der Waals surface area contributed by atoms with Gasteiger partial charge in [-0.3, -0.25) is 4.90 Å². The third-order valence-corrected chi connectivity index (χ3v) is 3.41. The maximum absolute atomic E-state index is 12.5. The van der Waals surface area contributed by atoms with Gasteiger partial charge in [-0.15, -0.1) is 0 Å². The summed E-state index contributed by atoms with van der Waals surface area (Å²) >= 11 is 0. The lowest BCUT2D eigenvalue weighted by Crippen LogP contribution is -2.36. The average molecular weight is 286 g/mol. The second-order valence-electron chi connectivity index (χ2n) is 4.67. The summed E-state index contributed by atoms with van der Waals surface area (Å²) in [6.45, 7) is 0.457. The fourth-order valence-electron chi connectivity index (χ4n) is 2.51. The van der Waals surface area contributed by atoms with E-state index in [9.17, 15) is 8.78 Å². The number of nitrogens with zero attached hydrogens (tertiary/aromatic N) is 1. The van der Waals surface area contributed by atoms with Gasteiger partial charge in [0.15, 0.2) is 0 Å². The van der Waals surface area contributed by atoms with Gasteiger partial charge < -0.3 is 15.2 Å². The van der Waals surface area contributed by atoms with Crippen molar-refractivity contribution < 1.29 is 18.3 Å². The van der Waals surface area contributed by atoms with Crippen LogP contribution in [-0.4, -0.2) is 44.4 Å². The van der Waals surface area contributed by atoms with Crippen LogP contribution in [0.5, 0.6) is 5.75 Å². The normalized spacial score (nSPS) is 18.8. The molecule has 1 saturated heterocycles. The monoisotopic (exact) mass is 286 g/mol. The standard InChI is InChI=1S/C14H20F2N2O2/c15-14(16)20-13-5-2-1-4-11(13)12(10-17)18-6-3-8-19-9-7-18/h1-2,4-5,12,14H,3,6-10,17H2. The van der Waals surface area contributed by atoms with Crippen LogP contribution in [0.25, 0.3) is 0 Å². The molecule has 1 aliphatic rings. The van der Waals surface area contributed by atoms with E-state index in [1.54, 1.807) is 18.2 Å². The van der Waals surface area contributed by atoms with E-state index in [2.05, 4.69) is 9.64 Å². The van der Waals surface area contributed by atoms with Crippen LogP contribution in [0.2, 0.25) is 0 Å². The molecule has 2 rings (SSSR count). The molecule has 0 radical (unpaired) electrons. The molecule has 0 aromatic heterocycles. The van der Waals surface area contributed by atoms with E-state index in [0.29, 0.717) is 18.7 Å². The number of alkyl halides is 2. The zero-order chi connectivity index (χ0) is 14.4. The number of rotatable bonds is 5. The lowest BCUT2D eigenvalue weighted by Gasteiger charge is -2.30. The zero-order valence-electron chi connectivity index (χ0n) is 11.3. The molecular formula is C14H20F2N2O2. The Balaban J connectivity index is 2.21. The molecule has 2 N–H and O–H groups in total. The summed E-state index contributed by atoms with van der Waals surface area (Å²) < 4.78 is 35.0. The number of hydrogen-bond acceptors (Lipinski definition) is 4. The van der Waals surface area contributed by atoms with Crippen LogP contribution >= 0.6 is 0 Å². The fourth-order valence-corrected chi connectivity index (χ4v) is 2.51. The number of ether oxygens (including phenoxy) is 2. The van der Waals surface area contributed by atoms with Gasteiger partial charge in [0.1, 0.15) is 5.75 Å². The summed E-state index contributed by atoms with van der Waals surface area (Å²) in [5.74, 6) is 0.197. The van der Waals surface area contributed by atoms with Gasteiger partial charge in [-0.1, -0.05) is 18.2 Å². The van der Waals surface area contributed by atoms with Crippen LogP contribution < -0.4 is 10.5 Å². The molecule has 4 nitrogen and oxygen atoms in total. The Morgan fingerprint density at radius 2 is 2.05 bits per heavy atom. The first-order valence-corrected chi connectivity index (χ1v) is 6.78. The quantitative estimate of drug-likeness (QED) is 0.899. The summed E-state index contributed by atoms with van der Waals surface area (Å²) in [6.07, 6.45) is 0.911. The SMILES string of the molecule is NCC(c1ccccc1OC(F)F)N1CCCOCC1.